The first-order valence-corrected chi connectivity index (χ1v) is 7.21. The van der Waals surface area contributed by atoms with E-state index in [1.807, 2.05) is 35.2 Å². The fraction of sp³-hybridized carbons (Fsp3) is 0.357. The molecule has 0 saturated carbocycles. The Morgan fingerprint density at radius 3 is 2.27 bits per heavy atom. The summed E-state index contributed by atoms with van der Waals surface area (Å²) in [5, 5.41) is 25.6. The third-order valence-electron chi connectivity index (χ3n) is 3.05. The van der Waals surface area contributed by atoms with Crippen LogP contribution in [0.5, 0.6) is 0 Å². The monoisotopic (exact) mass is 313 g/mol. The number of hydrogen-bond acceptors (Lipinski definition) is 6. The highest BCUT2D eigenvalue weighted by molar-refractivity contribution is 7.71. The number of rotatable bonds is 7. The highest BCUT2D eigenvalue weighted by Gasteiger charge is 2.10. The van der Waals surface area contributed by atoms with Gasteiger partial charge in [0.15, 0.2) is 0 Å². The molecular weight excluding hydrogens is 298 g/mol. The van der Waals surface area contributed by atoms with Crippen LogP contribution in [0.15, 0.2) is 30.3 Å². The van der Waals surface area contributed by atoms with Gasteiger partial charge >= 0.3 is 0 Å². The second-order valence-corrected chi connectivity index (χ2v) is 4.95. The van der Waals surface area contributed by atoms with E-state index < -0.39 is 0 Å². The van der Waals surface area contributed by atoms with Gasteiger partial charge < -0.3 is 0 Å². The van der Waals surface area contributed by atoms with Crippen LogP contribution in [0, 0.1) is 27.4 Å². The first-order chi connectivity index (χ1) is 10.8. The fourth-order valence-corrected chi connectivity index (χ4v) is 2.19. The van der Waals surface area contributed by atoms with E-state index in [9.17, 15) is 0 Å². The maximum Gasteiger partial charge on any atom is 0.221 e. The molecule has 2 rings (SSSR count). The third kappa shape index (κ3) is 3.98. The maximum absolute atomic E-state index is 8.71. The van der Waals surface area contributed by atoms with Crippen LogP contribution in [0.2, 0.25) is 0 Å². The van der Waals surface area contributed by atoms with E-state index >= 15 is 0 Å². The van der Waals surface area contributed by atoms with E-state index in [0.29, 0.717) is 37.4 Å². The molecule has 1 heterocycles. The molecule has 0 aliphatic rings. The zero-order valence-electron chi connectivity index (χ0n) is 12.0. The van der Waals surface area contributed by atoms with Gasteiger partial charge in [-0.1, -0.05) is 18.2 Å². The van der Waals surface area contributed by atoms with Crippen molar-refractivity contribution in [1.29, 1.82) is 10.5 Å². The van der Waals surface area contributed by atoms with E-state index in [-0.39, 0.29) is 0 Å². The molecule has 7 nitrogen and oxygen atoms in total. The SMILES string of the molecule is N#CCCN(CCC#N)Cn1nnn(-c2ccccc2)c1=S. The number of para-hydroxylation sites is 1. The molecule has 112 valence electrons. The van der Waals surface area contributed by atoms with Crippen molar-refractivity contribution < 1.29 is 0 Å². The van der Waals surface area contributed by atoms with Gasteiger partial charge in [-0.15, -0.1) is 0 Å². The zero-order chi connectivity index (χ0) is 15.8. The van der Waals surface area contributed by atoms with Gasteiger partial charge in [0.1, 0.15) is 0 Å². The summed E-state index contributed by atoms with van der Waals surface area (Å²) in [5.74, 6) is 0. The minimum absolute atomic E-state index is 0.394. The maximum atomic E-state index is 8.71. The van der Waals surface area contributed by atoms with Crippen LogP contribution in [-0.2, 0) is 6.67 Å². The minimum atomic E-state index is 0.394. The highest BCUT2D eigenvalue weighted by Crippen LogP contribution is 2.06. The molecule has 0 bridgehead atoms. The van der Waals surface area contributed by atoms with Crippen LogP contribution in [-0.4, -0.2) is 37.8 Å². The summed E-state index contributed by atoms with van der Waals surface area (Å²) in [6.45, 7) is 1.55. The summed E-state index contributed by atoms with van der Waals surface area (Å²) in [5.41, 5.74) is 0.847. The minimum Gasteiger partial charge on any atom is -0.282 e. The van der Waals surface area contributed by atoms with Gasteiger partial charge in [-0.3, -0.25) is 4.90 Å². The normalized spacial score (nSPS) is 10.3. The van der Waals surface area contributed by atoms with Gasteiger partial charge in [0.05, 0.1) is 24.5 Å². The Balaban J connectivity index is 2.15. The number of hydrogen-bond donors (Lipinski definition) is 0. The number of nitriles is 2. The van der Waals surface area contributed by atoms with Gasteiger partial charge in [-0.2, -0.15) is 15.2 Å². The van der Waals surface area contributed by atoms with Crippen molar-refractivity contribution >= 4 is 12.2 Å². The lowest BCUT2D eigenvalue weighted by Gasteiger charge is -2.18. The molecule has 0 fully saturated rings. The van der Waals surface area contributed by atoms with E-state index in [0.717, 1.165) is 5.69 Å². The summed E-state index contributed by atoms with van der Waals surface area (Å²) in [6.07, 6.45) is 0.789. The molecule has 0 radical (unpaired) electrons. The zero-order valence-corrected chi connectivity index (χ0v) is 12.8. The fourth-order valence-electron chi connectivity index (χ4n) is 1.95. The Hall–Kier alpha value is -2.55. The molecule has 0 aliphatic heterocycles. The van der Waals surface area contributed by atoms with Crippen molar-refractivity contribution in [2.45, 2.75) is 19.5 Å². The van der Waals surface area contributed by atoms with Crippen molar-refractivity contribution in [2.75, 3.05) is 13.1 Å². The van der Waals surface area contributed by atoms with Gasteiger partial charge in [-0.05, 0) is 34.8 Å². The van der Waals surface area contributed by atoms with Gasteiger partial charge in [-0.25, -0.2) is 4.68 Å². The molecule has 0 aliphatic carbocycles. The van der Waals surface area contributed by atoms with Crippen LogP contribution in [0.4, 0.5) is 0 Å². The lowest BCUT2D eigenvalue weighted by molar-refractivity contribution is 0.212. The predicted molar refractivity (Wildman–Crippen MR) is 82.2 cm³/mol. The molecule has 0 N–H and O–H groups in total. The number of aromatic nitrogens is 4. The Kier molecular flexibility index (Phi) is 5.78. The second kappa shape index (κ2) is 8.03. The van der Waals surface area contributed by atoms with Crippen LogP contribution >= 0.6 is 12.2 Å². The van der Waals surface area contributed by atoms with E-state index in [1.54, 1.807) is 9.36 Å². The van der Waals surface area contributed by atoms with Crippen molar-refractivity contribution in [3.8, 4) is 17.8 Å². The molecule has 22 heavy (non-hydrogen) atoms. The topological polar surface area (TPSA) is 86.5 Å². The summed E-state index contributed by atoms with van der Waals surface area (Å²) in [4.78, 5) is 1.96. The number of nitrogens with zero attached hydrogens (tertiary/aromatic N) is 7. The molecule has 0 unspecified atom stereocenters. The van der Waals surface area contributed by atoms with Gasteiger partial charge in [0, 0.05) is 25.9 Å². The lowest BCUT2D eigenvalue weighted by atomic mass is 10.3. The van der Waals surface area contributed by atoms with Crippen molar-refractivity contribution in [3.05, 3.63) is 35.1 Å². The van der Waals surface area contributed by atoms with Crippen molar-refractivity contribution in [1.82, 2.24) is 24.7 Å². The van der Waals surface area contributed by atoms with Crippen LogP contribution in [0.25, 0.3) is 5.69 Å². The first kappa shape index (κ1) is 15.8. The predicted octanol–water partition coefficient (Wildman–Crippen LogP) is 1.89. The Bertz CT molecular complexity index is 717. The molecule has 2 aromatic rings. The Morgan fingerprint density at radius 2 is 1.68 bits per heavy atom. The largest absolute Gasteiger partial charge is 0.282 e. The van der Waals surface area contributed by atoms with Crippen molar-refractivity contribution in [2.24, 2.45) is 0 Å². The standard InChI is InChI=1S/C14H15N7S/c15-8-4-10-19(11-5-9-16)12-20-14(22)21(18-17-20)13-6-2-1-3-7-13/h1-3,6-7H,4-5,10-12H2. The first-order valence-electron chi connectivity index (χ1n) is 6.80. The number of tetrazole rings is 1. The Labute approximate surface area is 133 Å². The summed E-state index contributed by atoms with van der Waals surface area (Å²) in [7, 11) is 0. The van der Waals surface area contributed by atoms with Crippen LogP contribution in [0.1, 0.15) is 12.8 Å². The average molecular weight is 313 g/mol. The molecule has 0 spiro atoms. The Morgan fingerprint density at radius 1 is 1.05 bits per heavy atom. The summed E-state index contributed by atoms with van der Waals surface area (Å²) < 4.78 is 3.66. The van der Waals surface area contributed by atoms with Gasteiger partial charge in [0.2, 0.25) is 4.77 Å². The van der Waals surface area contributed by atoms with E-state index in [1.165, 1.54) is 0 Å². The molecular formula is C14H15N7S. The average Bonchev–Trinajstić information content (AvgIpc) is 2.91. The molecule has 0 atom stereocenters. The molecule has 1 aromatic heterocycles. The van der Waals surface area contributed by atoms with E-state index in [4.69, 9.17) is 22.7 Å². The van der Waals surface area contributed by atoms with Gasteiger partial charge in [0.25, 0.3) is 0 Å². The third-order valence-corrected chi connectivity index (χ3v) is 3.44. The summed E-state index contributed by atoms with van der Waals surface area (Å²) in [6, 6.07) is 13.7. The number of benzene rings is 1. The summed E-state index contributed by atoms with van der Waals surface area (Å²) >= 11 is 5.40. The highest BCUT2D eigenvalue weighted by atomic mass is 32.1. The lowest BCUT2D eigenvalue weighted by Crippen LogP contribution is -2.29. The quantitative estimate of drug-likeness (QED) is 0.725. The van der Waals surface area contributed by atoms with Crippen LogP contribution < -0.4 is 0 Å². The van der Waals surface area contributed by atoms with E-state index in [2.05, 4.69) is 22.6 Å². The molecule has 0 saturated heterocycles. The van der Waals surface area contributed by atoms with Crippen LogP contribution in [0.3, 0.4) is 0 Å². The van der Waals surface area contributed by atoms with Crippen molar-refractivity contribution in [3.63, 3.8) is 0 Å². The second-order valence-electron chi connectivity index (χ2n) is 4.58. The molecule has 1 aromatic carbocycles. The molecule has 0 amide bonds. The smallest absolute Gasteiger partial charge is 0.221 e. The molecule has 8 heteroatoms.